The molecule has 2 amide bonds. The van der Waals surface area contributed by atoms with Crippen molar-refractivity contribution < 1.29 is 14.3 Å². The smallest absolute Gasteiger partial charge is 0.267 e. The number of carbonyl (C=O) groups is 2. The molecule has 27 heavy (non-hydrogen) atoms. The first kappa shape index (κ1) is 19.8. The summed E-state index contributed by atoms with van der Waals surface area (Å²) in [5, 5.41) is 3.60. The van der Waals surface area contributed by atoms with Gasteiger partial charge in [-0.25, -0.2) is 0 Å². The summed E-state index contributed by atoms with van der Waals surface area (Å²) < 4.78 is 6.49. The van der Waals surface area contributed by atoms with Gasteiger partial charge in [0.1, 0.15) is 11.4 Å². The predicted octanol–water partition coefficient (Wildman–Crippen LogP) is 3.62. The fourth-order valence-corrected chi connectivity index (χ4v) is 3.82. The van der Waals surface area contributed by atoms with Gasteiger partial charge in [0.15, 0.2) is 6.10 Å². The predicted molar refractivity (Wildman–Crippen MR) is 107 cm³/mol. The molecule has 3 rings (SSSR count). The van der Waals surface area contributed by atoms with Crippen LogP contribution in [0.15, 0.2) is 41.0 Å². The first-order valence-corrected chi connectivity index (χ1v) is 9.96. The number of ether oxygens (including phenoxy) is 1. The van der Waals surface area contributed by atoms with Crippen LogP contribution in [0.25, 0.3) is 0 Å². The number of carbonyl (C=O) groups excluding carboxylic acids is 2. The summed E-state index contributed by atoms with van der Waals surface area (Å²) >= 11 is 9.32. The van der Waals surface area contributed by atoms with Crippen LogP contribution in [0.4, 0.5) is 0 Å². The molecule has 1 atom stereocenters. The van der Waals surface area contributed by atoms with Crippen LogP contribution in [-0.4, -0.2) is 46.9 Å². The van der Waals surface area contributed by atoms with Crippen molar-refractivity contribution in [2.75, 3.05) is 13.1 Å². The van der Waals surface area contributed by atoms with Gasteiger partial charge in [0.2, 0.25) is 0 Å². The molecule has 1 aromatic carbocycles. The largest absolute Gasteiger partial charge is 0.480 e. The number of hydrogen-bond acceptors (Lipinski definition) is 3. The quantitative estimate of drug-likeness (QED) is 0.725. The summed E-state index contributed by atoms with van der Waals surface area (Å²) in [5.41, 5.74) is 0.545. The summed E-state index contributed by atoms with van der Waals surface area (Å²) in [6.45, 7) is 2.91. The molecule has 0 saturated carbocycles. The summed E-state index contributed by atoms with van der Waals surface area (Å²) in [7, 11) is 0. The van der Waals surface area contributed by atoms with Crippen molar-refractivity contribution >= 4 is 39.3 Å². The van der Waals surface area contributed by atoms with Crippen LogP contribution < -0.4 is 10.1 Å². The Kier molecular flexibility index (Phi) is 6.44. The fraction of sp³-hybridized carbons (Fsp3) is 0.368. The lowest BCUT2D eigenvalue weighted by Gasteiger charge is -2.33. The van der Waals surface area contributed by atoms with E-state index in [9.17, 15) is 9.59 Å². The average Bonchev–Trinajstić information content (AvgIpc) is 3.19. The second-order valence-corrected chi connectivity index (χ2v) is 7.78. The van der Waals surface area contributed by atoms with E-state index in [1.807, 2.05) is 0 Å². The highest BCUT2D eigenvalue weighted by Crippen LogP contribution is 2.29. The Morgan fingerprint density at radius 3 is 2.70 bits per heavy atom. The first-order chi connectivity index (χ1) is 12.9. The summed E-state index contributed by atoms with van der Waals surface area (Å²) in [6.07, 6.45) is 2.55. The highest BCUT2D eigenvalue weighted by molar-refractivity contribution is 9.10. The lowest BCUT2D eigenvalue weighted by molar-refractivity contribution is -0.139. The molecule has 0 unspecified atom stereocenters. The molecule has 0 spiro atoms. The molecule has 6 nitrogen and oxygen atoms in total. The van der Waals surface area contributed by atoms with Crippen molar-refractivity contribution in [2.45, 2.75) is 31.9 Å². The number of halogens is 2. The van der Waals surface area contributed by atoms with E-state index in [4.69, 9.17) is 16.3 Å². The minimum atomic E-state index is -0.604. The number of amides is 2. The van der Waals surface area contributed by atoms with E-state index in [0.717, 1.165) is 12.8 Å². The van der Waals surface area contributed by atoms with E-state index >= 15 is 0 Å². The van der Waals surface area contributed by atoms with Gasteiger partial charge in [0, 0.05) is 30.4 Å². The third-order valence-electron chi connectivity index (χ3n) is 4.53. The van der Waals surface area contributed by atoms with E-state index < -0.39 is 6.10 Å². The zero-order valence-electron chi connectivity index (χ0n) is 14.9. The molecule has 144 valence electrons. The lowest BCUT2D eigenvalue weighted by atomic mass is 10.0. The monoisotopic (exact) mass is 453 g/mol. The van der Waals surface area contributed by atoms with Crippen molar-refractivity contribution in [1.29, 1.82) is 0 Å². The average molecular weight is 455 g/mol. The number of benzene rings is 1. The number of H-pyrrole nitrogens is 1. The molecule has 1 aliphatic rings. The summed E-state index contributed by atoms with van der Waals surface area (Å²) in [5.74, 6) is 0.397. The van der Waals surface area contributed by atoms with E-state index in [0.29, 0.717) is 34.0 Å². The van der Waals surface area contributed by atoms with Gasteiger partial charge in [-0.2, -0.15) is 0 Å². The van der Waals surface area contributed by atoms with Crippen molar-refractivity contribution in [3.8, 4) is 5.75 Å². The molecule has 0 bridgehead atoms. The molecule has 0 radical (unpaired) electrons. The highest BCUT2D eigenvalue weighted by Gasteiger charge is 2.28. The number of aromatic nitrogens is 1. The van der Waals surface area contributed by atoms with Gasteiger partial charge in [-0.05, 0) is 66.0 Å². The maximum absolute atomic E-state index is 12.7. The van der Waals surface area contributed by atoms with Crippen molar-refractivity contribution in [1.82, 2.24) is 15.2 Å². The minimum absolute atomic E-state index is 0.0616. The van der Waals surface area contributed by atoms with E-state index in [2.05, 4.69) is 26.2 Å². The van der Waals surface area contributed by atoms with E-state index in [-0.39, 0.29) is 17.9 Å². The second kappa shape index (κ2) is 8.80. The van der Waals surface area contributed by atoms with Crippen LogP contribution in [0.3, 0.4) is 0 Å². The molecule has 1 aromatic heterocycles. The highest BCUT2D eigenvalue weighted by atomic mass is 79.9. The Balaban J connectivity index is 1.49. The standard InChI is InChI=1S/C19H21BrClN3O3/c1-12(27-17-5-4-13(21)11-15(17)20)19(26)24-9-6-14(7-10-24)23-18(25)16-3-2-8-22-16/h2-5,8,11-12,14,22H,6-7,9-10H2,1H3,(H,23,25)/t12-/m1/s1. The van der Waals surface area contributed by atoms with E-state index in [1.54, 1.807) is 48.4 Å². The molecular formula is C19H21BrClN3O3. The number of hydrogen-bond donors (Lipinski definition) is 2. The Hall–Kier alpha value is -1.99. The Morgan fingerprint density at radius 2 is 2.07 bits per heavy atom. The van der Waals surface area contributed by atoms with Crippen LogP contribution in [0.1, 0.15) is 30.3 Å². The van der Waals surface area contributed by atoms with Crippen molar-refractivity contribution in [3.63, 3.8) is 0 Å². The van der Waals surface area contributed by atoms with Crippen LogP contribution in [0, 0.1) is 0 Å². The number of likely N-dealkylation sites (tertiary alicyclic amines) is 1. The second-order valence-electron chi connectivity index (χ2n) is 6.49. The maximum atomic E-state index is 12.7. The van der Waals surface area contributed by atoms with Crippen LogP contribution in [0.2, 0.25) is 5.02 Å². The number of piperidine rings is 1. The molecule has 8 heteroatoms. The lowest BCUT2D eigenvalue weighted by Crippen LogP contribution is -2.49. The molecule has 1 aliphatic heterocycles. The van der Waals surface area contributed by atoms with Gasteiger partial charge in [-0.3, -0.25) is 9.59 Å². The molecule has 1 saturated heterocycles. The maximum Gasteiger partial charge on any atom is 0.267 e. The van der Waals surface area contributed by atoms with Gasteiger partial charge in [0.05, 0.1) is 4.47 Å². The minimum Gasteiger partial charge on any atom is -0.480 e. The van der Waals surface area contributed by atoms with Crippen LogP contribution >= 0.6 is 27.5 Å². The number of rotatable bonds is 5. The summed E-state index contributed by atoms with van der Waals surface area (Å²) in [4.78, 5) is 29.4. The number of nitrogens with one attached hydrogen (secondary N) is 2. The van der Waals surface area contributed by atoms with Gasteiger partial charge in [0.25, 0.3) is 11.8 Å². The first-order valence-electron chi connectivity index (χ1n) is 8.79. The topological polar surface area (TPSA) is 74.4 Å². The molecule has 0 aliphatic carbocycles. The molecule has 2 N–H and O–H groups in total. The normalized spacial score (nSPS) is 16.0. The van der Waals surface area contributed by atoms with Crippen LogP contribution in [-0.2, 0) is 4.79 Å². The molecule has 1 fully saturated rings. The zero-order valence-corrected chi connectivity index (χ0v) is 17.2. The molecule has 2 aromatic rings. The Bertz CT molecular complexity index is 805. The van der Waals surface area contributed by atoms with Gasteiger partial charge >= 0.3 is 0 Å². The SMILES string of the molecule is C[C@@H](Oc1ccc(Cl)cc1Br)C(=O)N1CCC(NC(=O)c2ccc[nH]2)CC1. The van der Waals surface area contributed by atoms with Crippen LogP contribution in [0.5, 0.6) is 5.75 Å². The summed E-state index contributed by atoms with van der Waals surface area (Å²) in [6, 6.07) is 8.77. The Labute approximate surface area is 171 Å². The Morgan fingerprint density at radius 1 is 1.33 bits per heavy atom. The van der Waals surface area contributed by atoms with Gasteiger partial charge < -0.3 is 19.9 Å². The number of aromatic amines is 1. The third-order valence-corrected chi connectivity index (χ3v) is 5.38. The third kappa shape index (κ3) is 5.05. The van der Waals surface area contributed by atoms with Gasteiger partial charge in [-0.15, -0.1) is 0 Å². The van der Waals surface area contributed by atoms with E-state index in [1.165, 1.54) is 0 Å². The van der Waals surface area contributed by atoms with Crippen molar-refractivity contribution in [3.05, 3.63) is 51.7 Å². The molecular weight excluding hydrogens is 434 g/mol. The zero-order chi connectivity index (χ0) is 19.4. The number of nitrogens with zero attached hydrogens (tertiary/aromatic N) is 1. The fourth-order valence-electron chi connectivity index (χ4n) is 3.05. The molecule has 2 heterocycles. The van der Waals surface area contributed by atoms with Crippen molar-refractivity contribution in [2.24, 2.45) is 0 Å². The van der Waals surface area contributed by atoms with Gasteiger partial charge in [-0.1, -0.05) is 11.6 Å².